The van der Waals surface area contributed by atoms with E-state index in [1.54, 1.807) is 4.57 Å². The largest absolute Gasteiger partial charge is 0.325 e. The van der Waals surface area contributed by atoms with Crippen molar-refractivity contribution in [1.29, 1.82) is 0 Å². The van der Waals surface area contributed by atoms with Crippen LogP contribution in [0.4, 0.5) is 5.69 Å². The van der Waals surface area contributed by atoms with E-state index in [0.717, 1.165) is 41.8 Å². The van der Waals surface area contributed by atoms with Gasteiger partial charge in [0.1, 0.15) is 4.70 Å². The molecule has 0 fully saturated rings. The van der Waals surface area contributed by atoms with Gasteiger partial charge in [0.15, 0.2) is 5.16 Å². The molecule has 0 bridgehead atoms. The lowest BCUT2D eigenvalue weighted by Crippen LogP contribution is -2.23. The molecule has 0 atom stereocenters. The molecule has 4 rings (SSSR count). The highest BCUT2D eigenvalue weighted by Crippen LogP contribution is 2.25. The van der Waals surface area contributed by atoms with Crippen LogP contribution < -0.4 is 10.9 Å². The third-order valence-electron chi connectivity index (χ3n) is 5.43. The molecular formula is C26H27N3O2S2. The number of hydrogen-bond acceptors (Lipinski definition) is 5. The van der Waals surface area contributed by atoms with Crippen LogP contribution in [0.1, 0.15) is 36.5 Å². The summed E-state index contributed by atoms with van der Waals surface area (Å²) in [5.74, 6) is 0.0260. The van der Waals surface area contributed by atoms with E-state index in [0.29, 0.717) is 15.4 Å². The van der Waals surface area contributed by atoms with E-state index in [1.807, 2.05) is 55.6 Å². The molecule has 1 amide bonds. The van der Waals surface area contributed by atoms with Crippen molar-refractivity contribution < 1.29 is 4.79 Å². The van der Waals surface area contributed by atoms with E-state index in [4.69, 9.17) is 4.98 Å². The van der Waals surface area contributed by atoms with Gasteiger partial charge in [-0.15, -0.1) is 11.3 Å². The van der Waals surface area contributed by atoms with E-state index in [1.165, 1.54) is 28.7 Å². The molecule has 2 aromatic carbocycles. The number of aryl methyl sites for hydroxylation is 3. The number of anilines is 1. The van der Waals surface area contributed by atoms with Gasteiger partial charge in [-0.05, 0) is 67.5 Å². The summed E-state index contributed by atoms with van der Waals surface area (Å²) in [5.41, 5.74) is 5.51. The number of benzene rings is 2. The molecular weight excluding hydrogens is 450 g/mol. The third kappa shape index (κ3) is 5.37. The summed E-state index contributed by atoms with van der Waals surface area (Å²) in [6.07, 6.45) is 3.37. The number of thiophene rings is 1. The van der Waals surface area contributed by atoms with Gasteiger partial charge in [0.05, 0.1) is 17.0 Å². The molecule has 0 spiro atoms. The van der Waals surface area contributed by atoms with Crippen molar-refractivity contribution in [2.45, 2.75) is 45.2 Å². The monoisotopic (exact) mass is 477 g/mol. The fourth-order valence-corrected chi connectivity index (χ4v) is 5.29. The SMILES string of the molecule is CCCCc1ccc(NC(=O)CSc2nc3ccsc3c(=O)n2-c2ccc(C)cc2C)cc1. The number of amides is 1. The zero-order valence-corrected chi connectivity index (χ0v) is 20.7. The molecule has 0 unspecified atom stereocenters. The Hall–Kier alpha value is -2.90. The summed E-state index contributed by atoms with van der Waals surface area (Å²) >= 11 is 2.66. The third-order valence-corrected chi connectivity index (χ3v) is 7.26. The minimum atomic E-state index is -0.131. The molecule has 170 valence electrons. The maximum absolute atomic E-state index is 13.3. The van der Waals surface area contributed by atoms with Crippen LogP contribution in [0, 0.1) is 13.8 Å². The van der Waals surface area contributed by atoms with Crippen LogP contribution in [0.15, 0.2) is 63.9 Å². The van der Waals surface area contributed by atoms with Crippen molar-refractivity contribution in [2.75, 3.05) is 11.1 Å². The van der Waals surface area contributed by atoms with Gasteiger partial charge in [-0.2, -0.15) is 0 Å². The maximum atomic E-state index is 13.3. The van der Waals surface area contributed by atoms with Gasteiger partial charge in [0.2, 0.25) is 5.91 Å². The topological polar surface area (TPSA) is 64.0 Å². The number of aromatic nitrogens is 2. The Morgan fingerprint density at radius 3 is 2.64 bits per heavy atom. The number of carbonyl (C=O) groups is 1. The van der Waals surface area contributed by atoms with E-state index in [9.17, 15) is 9.59 Å². The van der Waals surface area contributed by atoms with Gasteiger partial charge >= 0.3 is 0 Å². The average molecular weight is 478 g/mol. The number of hydrogen-bond donors (Lipinski definition) is 1. The van der Waals surface area contributed by atoms with Gasteiger partial charge < -0.3 is 5.32 Å². The Morgan fingerprint density at radius 1 is 1.12 bits per heavy atom. The fraction of sp³-hybridized carbons (Fsp3) is 0.269. The standard InChI is InChI=1S/C26H27N3O2S2/c1-4-5-6-19-8-10-20(11-9-19)27-23(30)16-33-26-28-21-13-14-32-24(21)25(31)29(26)22-12-7-17(2)15-18(22)3/h7-15H,4-6,16H2,1-3H3,(H,27,30). The Morgan fingerprint density at radius 2 is 1.91 bits per heavy atom. The number of unbranched alkanes of at least 4 members (excludes halogenated alkanes) is 1. The second-order valence-corrected chi connectivity index (χ2v) is 9.96. The summed E-state index contributed by atoms with van der Waals surface area (Å²) in [5, 5.41) is 5.34. The molecule has 7 heteroatoms. The zero-order valence-electron chi connectivity index (χ0n) is 19.1. The number of thioether (sulfide) groups is 1. The zero-order chi connectivity index (χ0) is 23.4. The van der Waals surface area contributed by atoms with Crippen LogP contribution in [0.25, 0.3) is 15.9 Å². The summed E-state index contributed by atoms with van der Waals surface area (Å²) < 4.78 is 2.25. The number of carbonyl (C=O) groups excluding carboxylic acids is 1. The maximum Gasteiger partial charge on any atom is 0.276 e. The lowest BCUT2D eigenvalue weighted by atomic mass is 10.1. The highest BCUT2D eigenvalue weighted by Gasteiger charge is 2.17. The second kappa shape index (κ2) is 10.4. The van der Waals surface area contributed by atoms with Gasteiger partial charge in [0, 0.05) is 5.69 Å². The van der Waals surface area contributed by atoms with Crippen molar-refractivity contribution >= 4 is 44.9 Å². The van der Waals surface area contributed by atoms with Crippen LogP contribution in [0.3, 0.4) is 0 Å². The second-order valence-electron chi connectivity index (χ2n) is 8.10. The van der Waals surface area contributed by atoms with Crippen molar-refractivity contribution in [3.63, 3.8) is 0 Å². The molecule has 2 heterocycles. The Bertz CT molecular complexity index is 1340. The van der Waals surface area contributed by atoms with Crippen LogP contribution in [-0.2, 0) is 11.2 Å². The minimum absolute atomic E-state index is 0.104. The molecule has 0 saturated heterocycles. The first-order valence-electron chi connectivity index (χ1n) is 11.1. The van der Waals surface area contributed by atoms with Gasteiger partial charge in [0.25, 0.3) is 5.56 Å². The van der Waals surface area contributed by atoms with Crippen molar-refractivity contribution in [2.24, 2.45) is 0 Å². The first-order valence-corrected chi connectivity index (χ1v) is 12.9. The van der Waals surface area contributed by atoms with E-state index >= 15 is 0 Å². The number of nitrogens with zero attached hydrogens (tertiary/aromatic N) is 2. The van der Waals surface area contributed by atoms with Crippen LogP contribution in [0.5, 0.6) is 0 Å². The van der Waals surface area contributed by atoms with Crippen molar-refractivity contribution in [3.05, 3.63) is 81.0 Å². The van der Waals surface area contributed by atoms with Gasteiger partial charge in [-0.25, -0.2) is 4.98 Å². The first-order chi connectivity index (χ1) is 16.0. The molecule has 4 aromatic rings. The Balaban J connectivity index is 1.56. The van der Waals surface area contributed by atoms with E-state index < -0.39 is 0 Å². The average Bonchev–Trinajstić information content (AvgIpc) is 3.27. The highest BCUT2D eigenvalue weighted by atomic mass is 32.2. The lowest BCUT2D eigenvalue weighted by Gasteiger charge is -2.14. The Kier molecular flexibility index (Phi) is 7.30. The molecule has 33 heavy (non-hydrogen) atoms. The van der Waals surface area contributed by atoms with Crippen LogP contribution in [-0.4, -0.2) is 21.2 Å². The van der Waals surface area contributed by atoms with E-state index in [2.05, 4.69) is 24.4 Å². The molecule has 0 radical (unpaired) electrons. The van der Waals surface area contributed by atoms with E-state index in [-0.39, 0.29) is 17.2 Å². The Labute approximate surface area is 201 Å². The molecule has 0 aliphatic rings. The van der Waals surface area contributed by atoms with Crippen molar-refractivity contribution in [1.82, 2.24) is 9.55 Å². The summed E-state index contributed by atoms with van der Waals surface area (Å²) in [7, 11) is 0. The predicted molar refractivity (Wildman–Crippen MR) is 139 cm³/mol. The minimum Gasteiger partial charge on any atom is -0.325 e. The van der Waals surface area contributed by atoms with Crippen LogP contribution >= 0.6 is 23.1 Å². The number of fused-ring (bicyclic) bond motifs is 1. The number of rotatable bonds is 8. The summed E-state index contributed by atoms with van der Waals surface area (Å²) in [6, 6.07) is 15.8. The molecule has 5 nitrogen and oxygen atoms in total. The lowest BCUT2D eigenvalue weighted by molar-refractivity contribution is -0.113. The smallest absolute Gasteiger partial charge is 0.276 e. The molecule has 2 aromatic heterocycles. The fourth-order valence-electron chi connectivity index (χ4n) is 3.72. The predicted octanol–water partition coefficient (Wildman–Crippen LogP) is 6.14. The summed E-state index contributed by atoms with van der Waals surface area (Å²) in [4.78, 5) is 30.7. The van der Waals surface area contributed by atoms with Crippen molar-refractivity contribution in [3.8, 4) is 5.69 Å². The van der Waals surface area contributed by atoms with Gasteiger partial charge in [-0.1, -0.05) is 54.9 Å². The van der Waals surface area contributed by atoms with Gasteiger partial charge in [-0.3, -0.25) is 14.2 Å². The summed E-state index contributed by atoms with van der Waals surface area (Å²) in [6.45, 7) is 6.19. The molecule has 1 N–H and O–H groups in total. The molecule has 0 aliphatic carbocycles. The highest BCUT2D eigenvalue weighted by molar-refractivity contribution is 7.99. The molecule has 0 aliphatic heterocycles. The van der Waals surface area contributed by atoms with Crippen LogP contribution in [0.2, 0.25) is 0 Å². The number of nitrogens with one attached hydrogen (secondary N) is 1. The quantitative estimate of drug-likeness (QED) is 0.245. The molecule has 0 saturated carbocycles. The normalized spacial score (nSPS) is 11.1. The first kappa shape index (κ1) is 23.3.